The molecule has 0 unspecified atom stereocenters. The second-order valence-electron chi connectivity index (χ2n) is 5.70. The molecule has 1 aromatic carbocycles. The van der Waals surface area contributed by atoms with Gasteiger partial charge in [-0.3, -0.25) is 4.84 Å². The summed E-state index contributed by atoms with van der Waals surface area (Å²) >= 11 is 0. The Hall–Kier alpha value is -1.55. The summed E-state index contributed by atoms with van der Waals surface area (Å²) in [6.45, 7) is 8.52. The van der Waals surface area contributed by atoms with Crippen molar-refractivity contribution in [3.63, 3.8) is 0 Å². The van der Waals surface area contributed by atoms with Crippen LogP contribution < -0.4 is 0 Å². The summed E-state index contributed by atoms with van der Waals surface area (Å²) in [6.07, 6.45) is 1.45. The van der Waals surface area contributed by atoms with E-state index in [1.807, 2.05) is 51.1 Å². The highest BCUT2D eigenvalue weighted by molar-refractivity contribution is 5.66. The lowest BCUT2D eigenvalue weighted by atomic mass is 10.2. The van der Waals surface area contributed by atoms with E-state index in [1.54, 1.807) is 0 Å². The molecule has 0 radical (unpaired) electrons. The van der Waals surface area contributed by atoms with Gasteiger partial charge in [0.25, 0.3) is 0 Å². The second kappa shape index (κ2) is 7.90. The standard InChI is InChI=1S/C16H25NO3/c1-5-6-12-17(15(18)20-16(2,3)4)19-13-14-10-8-7-9-11-14/h7-11H,5-6,12-13H2,1-4H3. The van der Waals surface area contributed by atoms with Gasteiger partial charge in [-0.1, -0.05) is 43.7 Å². The molecule has 1 rings (SSSR count). The molecule has 0 aliphatic carbocycles. The van der Waals surface area contributed by atoms with Crippen molar-refractivity contribution in [3.05, 3.63) is 35.9 Å². The summed E-state index contributed by atoms with van der Waals surface area (Å²) in [6, 6.07) is 9.78. The van der Waals surface area contributed by atoms with Crippen molar-refractivity contribution < 1.29 is 14.4 Å². The van der Waals surface area contributed by atoms with Crippen LogP contribution in [-0.2, 0) is 16.2 Å². The predicted octanol–water partition coefficient (Wildman–Crippen LogP) is 4.16. The molecular weight excluding hydrogens is 254 g/mol. The average Bonchev–Trinajstić information content (AvgIpc) is 2.38. The normalized spacial score (nSPS) is 11.2. The van der Waals surface area contributed by atoms with Gasteiger partial charge in [-0.15, -0.1) is 0 Å². The number of hydroxylamine groups is 2. The number of hydrogen-bond acceptors (Lipinski definition) is 3. The van der Waals surface area contributed by atoms with Crippen LogP contribution in [0.4, 0.5) is 4.79 Å². The highest BCUT2D eigenvalue weighted by atomic mass is 16.7. The molecule has 0 aliphatic rings. The first kappa shape index (κ1) is 16.5. The zero-order chi connectivity index (χ0) is 15.0. The quantitative estimate of drug-likeness (QED) is 0.734. The Morgan fingerprint density at radius 1 is 1.20 bits per heavy atom. The smallest absolute Gasteiger partial charge is 0.434 e. The fraction of sp³-hybridized carbons (Fsp3) is 0.562. The van der Waals surface area contributed by atoms with Crippen molar-refractivity contribution in [3.8, 4) is 0 Å². The topological polar surface area (TPSA) is 38.8 Å². The van der Waals surface area contributed by atoms with E-state index in [9.17, 15) is 4.79 Å². The van der Waals surface area contributed by atoms with E-state index in [1.165, 1.54) is 5.06 Å². The third-order valence-electron chi connectivity index (χ3n) is 2.54. The van der Waals surface area contributed by atoms with E-state index in [0.717, 1.165) is 18.4 Å². The summed E-state index contributed by atoms with van der Waals surface area (Å²) in [5.41, 5.74) is 0.509. The molecule has 1 amide bonds. The Bertz CT molecular complexity index is 398. The molecule has 4 nitrogen and oxygen atoms in total. The highest BCUT2D eigenvalue weighted by Crippen LogP contribution is 2.12. The fourth-order valence-electron chi connectivity index (χ4n) is 1.55. The largest absolute Gasteiger partial charge is 0.442 e. The van der Waals surface area contributed by atoms with Gasteiger partial charge in [0.2, 0.25) is 0 Å². The number of carbonyl (C=O) groups is 1. The lowest BCUT2D eigenvalue weighted by molar-refractivity contribution is -0.156. The van der Waals surface area contributed by atoms with Gasteiger partial charge in [-0.05, 0) is 32.8 Å². The van der Waals surface area contributed by atoms with E-state index in [4.69, 9.17) is 9.57 Å². The molecule has 0 heterocycles. The maximum atomic E-state index is 12.1. The third kappa shape index (κ3) is 6.57. The Morgan fingerprint density at radius 2 is 1.85 bits per heavy atom. The van der Waals surface area contributed by atoms with Crippen LogP contribution in [0.3, 0.4) is 0 Å². The first-order chi connectivity index (χ1) is 9.42. The monoisotopic (exact) mass is 279 g/mol. The summed E-state index contributed by atoms with van der Waals surface area (Å²) in [5.74, 6) is 0. The molecule has 0 aromatic heterocycles. The number of ether oxygens (including phenoxy) is 1. The third-order valence-corrected chi connectivity index (χ3v) is 2.54. The van der Waals surface area contributed by atoms with Crippen LogP contribution in [0.15, 0.2) is 30.3 Å². The molecule has 0 fully saturated rings. The van der Waals surface area contributed by atoms with E-state index in [0.29, 0.717) is 13.2 Å². The van der Waals surface area contributed by atoms with Gasteiger partial charge in [0.15, 0.2) is 0 Å². The van der Waals surface area contributed by atoms with Gasteiger partial charge in [-0.2, -0.15) is 5.06 Å². The van der Waals surface area contributed by atoms with Crippen LogP contribution in [0, 0.1) is 0 Å². The Kier molecular flexibility index (Phi) is 6.52. The molecular formula is C16H25NO3. The number of rotatable bonds is 6. The van der Waals surface area contributed by atoms with Gasteiger partial charge < -0.3 is 4.74 Å². The van der Waals surface area contributed by atoms with Crippen LogP contribution in [-0.4, -0.2) is 23.3 Å². The second-order valence-corrected chi connectivity index (χ2v) is 5.70. The summed E-state index contributed by atoms with van der Waals surface area (Å²) in [7, 11) is 0. The molecule has 0 saturated carbocycles. The minimum atomic E-state index is -0.516. The van der Waals surface area contributed by atoms with Gasteiger partial charge in [0.05, 0.1) is 6.54 Å². The maximum Gasteiger partial charge on any atom is 0.434 e. The number of hydrogen-bond donors (Lipinski definition) is 0. The molecule has 4 heteroatoms. The van der Waals surface area contributed by atoms with E-state index in [-0.39, 0.29) is 0 Å². The van der Waals surface area contributed by atoms with Crippen LogP contribution >= 0.6 is 0 Å². The number of nitrogens with zero attached hydrogens (tertiary/aromatic N) is 1. The van der Waals surface area contributed by atoms with Crippen LogP contribution in [0.1, 0.15) is 46.1 Å². The summed E-state index contributed by atoms with van der Waals surface area (Å²) in [5, 5.41) is 1.32. The average molecular weight is 279 g/mol. The van der Waals surface area contributed by atoms with Crippen molar-refractivity contribution in [2.45, 2.75) is 52.7 Å². The van der Waals surface area contributed by atoms with E-state index >= 15 is 0 Å². The van der Waals surface area contributed by atoms with E-state index in [2.05, 4.69) is 6.92 Å². The van der Waals surface area contributed by atoms with Crippen LogP contribution in [0.5, 0.6) is 0 Å². The first-order valence-electron chi connectivity index (χ1n) is 7.09. The predicted molar refractivity (Wildman–Crippen MR) is 79.1 cm³/mol. The number of amides is 1. The number of benzene rings is 1. The summed E-state index contributed by atoms with van der Waals surface area (Å²) < 4.78 is 5.35. The van der Waals surface area contributed by atoms with Gasteiger partial charge in [-0.25, -0.2) is 4.79 Å². The zero-order valence-corrected chi connectivity index (χ0v) is 12.9. The van der Waals surface area contributed by atoms with Crippen molar-refractivity contribution in [2.75, 3.05) is 6.54 Å². The van der Waals surface area contributed by atoms with Gasteiger partial charge in [0, 0.05) is 0 Å². The minimum absolute atomic E-state index is 0.365. The Labute approximate surface area is 121 Å². The first-order valence-corrected chi connectivity index (χ1v) is 7.09. The fourth-order valence-corrected chi connectivity index (χ4v) is 1.55. The van der Waals surface area contributed by atoms with E-state index < -0.39 is 11.7 Å². The van der Waals surface area contributed by atoms with Crippen molar-refractivity contribution in [1.29, 1.82) is 0 Å². The molecule has 1 aromatic rings. The molecule has 0 bridgehead atoms. The molecule has 0 saturated heterocycles. The minimum Gasteiger partial charge on any atom is -0.442 e. The molecule has 0 spiro atoms. The lowest BCUT2D eigenvalue weighted by Crippen LogP contribution is -2.37. The molecule has 0 aliphatic heterocycles. The lowest BCUT2D eigenvalue weighted by Gasteiger charge is -2.26. The van der Waals surface area contributed by atoms with Gasteiger partial charge in [0.1, 0.15) is 12.2 Å². The Balaban J connectivity index is 2.57. The number of unbranched alkanes of at least 4 members (excludes halogenated alkanes) is 1. The molecule has 0 N–H and O–H groups in total. The number of carbonyl (C=O) groups excluding carboxylic acids is 1. The maximum absolute atomic E-state index is 12.1. The van der Waals surface area contributed by atoms with Crippen LogP contribution in [0.2, 0.25) is 0 Å². The van der Waals surface area contributed by atoms with Crippen LogP contribution in [0.25, 0.3) is 0 Å². The SMILES string of the molecule is CCCCN(OCc1ccccc1)C(=O)OC(C)(C)C. The van der Waals surface area contributed by atoms with Gasteiger partial charge >= 0.3 is 6.09 Å². The molecule has 0 atom stereocenters. The Morgan fingerprint density at radius 3 is 2.40 bits per heavy atom. The highest BCUT2D eigenvalue weighted by Gasteiger charge is 2.22. The van der Waals surface area contributed by atoms with Crippen molar-refractivity contribution >= 4 is 6.09 Å². The summed E-state index contributed by atoms with van der Waals surface area (Å²) in [4.78, 5) is 17.7. The van der Waals surface area contributed by atoms with Crippen molar-refractivity contribution in [2.24, 2.45) is 0 Å². The molecule has 112 valence electrons. The zero-order valence-electron chi connectivity index (χ0n) is 12.9. The van der Waals surface area contributed by atoms with Crippen molar-refractivity contribution in [1.82, 2.24) is 5.06 Å². The molecule has 20 heavy (non-hydrogen) atoms.